The Morgan fingerprint density at radius 3 is 2.62 bits per heavy atom. The van der Waals surface area contributed by atoms with Crippen molar-refractivity contribution in [3.05, 3.63) is 23.2 Å². The summed E-state index contributed by atoms with van der Waals surface area (Å²) in [4.78, 5) is 0. The Kier molecular flexibility index (Phi) is 2.91. The standard InChI is InChI=1S/C9H13NOS2/c1-6-3-11-8(7(6)2)9-12-4-10-5-13-9/h3,9-10H,4-5H2,1-2H3. The van der Waals surface area contributed by atoms with Gasteiger partial charge in [-0.05, 0) is 25.0 Å². The molecule has 0 unspecified atom stereocenters. The third-order valence-corrected chi connectivity index (χ3v) is 4.80. The number of rotatable bonds is 1. The van der Waals surface area contributed by atoms with Crippen LogP contribution in [-0.4, -0.2) is 11.8 Å². The molecule has 1 aliphatic rings. The van der Waals surface area contributed by atoms with Gasteiger partial charge in [-0.15, -0.1) is 23.5 Å². The molecule has 0 radical (unpaired) electrons. The molecule has 0 spiro atoms. The minimum absolute atomic E-state index is 0.481. The zero-order valence-corrected chi connectivity index (χ0v) is 9.43. The first-order chi connectivity index (χ1) is 6.29. The molecule has 2 heterocycles. The minimum atomic E-state index is 0.481. The van der Waals surface area contributed by atoms with E-state index in [-0.39, 0.29) is 0 Å². The van der Waals surface area contributed by atoms with Gasteiger partial charge < -0.3 is 4.42 Å². The number of hydrogen-bond donors (Lipinski definition) is 1. The summed E-state index contributed by atoms with van der Waals surface area (Å²) in [6.45, 7) is 4.23. The zero-order valence-electron chi connectivity index (χ0n) is 7.79. The maximum atomic E-state index is 5.57. The van der Waals surface area contributed by atoms with Gasteiger partial charge in [0.05, 0.1) is 6.26 Å². The Morgan fingerprint density at radius 2 is 2.08 bits per heavy atom. The van der Waals surface area contributed by atoms with Gasteiger partial charge >= 0.3 is 0 Å². The van der Waals surface area contributed by atoms with Crippen LogP contribution in [-0.2, 0) is 0 Å². The number of thioether (sulfide) groups is 2. The van der Waals surface area contributed by atoms with Gasteiger partial charge in [0, 0.05) is 11.8 Å². The van der Waals surface area contributed by atoms with Crippen LogP contribution in [0.25, 0.3) is 0 Å². The van der Waals surface area contributed by atoms with Gasteiger partial charge in [0.15, 0.2) is 0 Å². The second-order valence-corrected chi connectivity index (χ2v) is 5.60. The third-order valence-electron chi connectivity index (χ3n) is 2.21. The maximum absolute atomic E-state index is 5.57. The van der Waals surface area contributed by atoms with Crippen molar-refractivity contribution in [1.82, 2.24) is 5.32 Å². The smallest absolute Gasteiger partial charge is 0.130 e. The number of furan rings is 1. The fraction of sp³-hybridized carbons (Fsp3) is 0.556. The van der Waals surface area contributed by atoms with Crippen LogP contribution in [0, 0.1) is 13.8 Å². The summed E-state index contributed by atoms with van der Waals surface area (Å²) in [7, 11) is 0. The maximum Gasteiger partial charge on any atom is 0.130 e. The van der Waals surface area contributed by atoms with Crippen molar-refractivity contribution in [2.45, 2.75) is 18.4 Å². The van der Waals surface area contributed by atoms with E-state index < -0.39 is 0 Å². The summed E-state index contributed by atoms with van der Waals surface area (Å²) in [5, 5.41) is 3.29. The topological polar surface area (TPSA) is 25.2 Å². The Morgan fingerprint density at radius 1 is 1.38 bits per heavy atom. The van der Waals surface area contributed by atoms with Crippen molar-refractivity contribution < 1.29 is 4.42 Å². The van der Waals surface area contributed by atoms with Gasteiger partial charge in [0.1, 0.15) is 10.3 Å². The Balaban J connectivity index is 2.18. The van der Waals surface area contributed by atoms with E-state index in [1.165, 1.54) is 11.1 Å². The predicted molar refractivity (Wildman–Crippen MR) is 59.0 cm³/mol. The van der Waals surface area contributed by atoms with Crippen LogP contribution in [0.1, 0.15) is 21.5 Å². The van der Waals surface area contributed by atoms with Crippen LogP contribution in [0.3, 0.4) is 0 Å². The second-order valence-electron chi connectivity index (χ2n) is 3.11. The van der Waals surface area contributed by atoms with E-state index in [2.05, 4.69) is 19.2 Å². The lowest BCUT2D eigenvalue weighted by atomic mass is 10.2. The van der Waals surface area contributed by atoms with Crippen LogP contribution in [0.5, 0.6) is 0 Å². The largest absolute Gasteiger partial charge is 0.467 e. The molecule has 1 fully saturated rings. The molecule has 1 aromatic rings. The van der Waals surface area contributed by atoms with E-state index in [9.17, 15) is 0 Å². The lowest BCUT2D eigenvalue weighted by Crippen LogP contribution is -2.18. The van der Waals surface area contributed by atoms with E-state index >= 15 is 0 Å². The molecular formula is C9H13NOS2. The van der Waals surface area contributed by atoms with E-state index in [0.717, 1.165) is 17.5 Å². The molecule has 0 aliphatic carbocycles. The summed E-state index contributed by atoms with van der Waals surface area (Å²) in [5.74, 6) is 3.20. The molecule has 2 rings (SSSR count). The summed E-state index contributed by atoms with van der Waals surface area (Å²) >= 11 is 3.80. The molecule has 1 N–H and O–H groups in total. The molecule has 2 nitrogen and oxygen atoms in total. The summed E-state index contributed by atoms with van der Waals surface area (Å²) in [6, 6.07) is 0. The van der Waals surface area contributed by atoms with Gasteiger partial charge in [0.25, 0.3) is 0 Å². The molecule has 0 saturated carbocycles. The van der Waals surface area contributed by atoms with Crippen molar-refractivity contribution >= 4 is 23.5 Å². The fourth-order valence-corrected chi connectivity index (χ4v) is 3.70. The monoisotopic (exact) mass is 215 g/mol. The number of nitrogens with one attached hydrogen (secondary N) is 1. The molecule has 4 heteroatoms. The van der Waals surface area contributed by atoms with Gasteiger partial charge in [-0.25, -0.2) is 0 Å². The molecule has 0 aromatic carbocycles. The molecule has 13 heavy (non-hydrogen) atoms. The van der Waals surface area contributed by atoms with Crippen molar-refractivity contribution in [3.8, 4) is 0 Å². The quantitative estimate of drug-likeness (QED) is 0.778. The molecule has 1 aliphatic heterocycles. The van der Waals surface area contributed by atoms with Gasteiger partial charge in [-0.1, -0.05) is 0 Å². The van der Waals surface area contributed by atoms with E-state index in [4.69, 9.17) is 4.42 Å². The van der Waals surface area contributed by atoms with Crippen molar-refractivity contribution in [2.24, 2.45) is 0 Å². The van der Waals surface area contributed by atoms with Crippen LogP contribution in [0.2, 0.25) is 0 Å². The third kappa shape index (κ3) is 1.90. The first kappa shape index (κ1) is 9.49. The lowest BCUT2D eigenvalue weighted by molar-refractivity contribution is 0.524. The first-order valence-electron chi connectivity index (χ1n) is 4.27. The molecular weight excluding hydrogens is 202 g/mol. The SMILES string of the molecule is Cc1coc(C2SCNCS2)c1C. The predicted octanol–water partition coefficient (Wildman–Crippen LogP) is 2.88. The summed E-state index contributed by atoms with van der Waals surface area (Å²) < 4.78 is 6.05. The average molecular weight is 215 g/mol. The van der Waals surface area contributed by atoms with Crippen LogP contribution in [0.15, 0.2) is 10.7 Å². The second kappa shape index (κ2) is 3.98. The van der Waals surface area contributed by atoms with E-state index in [1.54, 1.807) is 0 Å². The van der Waals surface area contributed by atoms with Crippen LogP contribution in [0.4, 0.5) is 0 Å². The van der Waals surface area contributed by atoms with Gasteiger partial charge in [-0.3, -0.25) is 5.32 Å². The van der Waals surface area contributed by atoms with Crippen molar-refractivity contribution in [3.63, 3.8) is 0 Å². The van der Waals surface area contributed by atoms with Crippen LogP contribution >= 0.6 is 23.5 Å². The highest BCUT2D eigenvalue weighted by atomic mass is 32.2. The molecule has 1 saturated heterocycles. The molecule has 72 valence electrons. The van der Waals surface area contributed by atoms with E-state index in [1.807, 2.05) is 29.8 Å². The number of hydrogen-bond acceptors (Lipinski definition) is 4. The highest BCUT2D eigenvalue weighted by Crippen LogP contribution is 2.43. The van der Waals surface area contributed by atoms with Crippen LogP contribution < -0.4 is 5.32 Å². The molecule has 0 bridgehead atoms. The molecule has 1 aromatic heterocycles. The summed E-state index contributed by atoms with van der Waals surface area (Å²) in [5.41, 5.74) is 2.57. The minimum Gasteiger partial charge on any atom is -0.467 e. The lowest BCUT2D eigenvalue weighted by Gasteiger charge is -2.20. The Bertz CT molecular complexity index is 292. The normalized spacial score (nSPS) is 19.2. The van der Waals surface area contributed by atoms with Crippen molar-refractivity contribution in [2.75, 3.05) is 11.8 Å². The van der Waals surface area contributed by atoms with E-state index in [0.29, 0.717) is 4.58 Å². The molecule has 0 amide bonds. The highest BCUT2D eigenvalue weighted by molar-refractivity contribution is 8.16. The first-order valence-corrected chi connectivity index (χ1v) is 6.37. The Hall–Kier alpha value is -0.0600. The van der Waals surface area contributed by atoms with Crippen molar-refractivity contribution in [1.29, 1.82) is 0 Å². The Labute approximate surface area is 86.8 Å². The van der Waals surface area contributed by atoms with Gasteiger partial charge in [0.2, 0.25) is 0 Å². The average Bonchev–Trinajstić information content (AvgIpc) is 2.49. The fourth-order valence-electron chi connectivity index (χ4n) is 1.27. The number of aryl methyl sites for hydroxylation is 1. The van der Waals surface area contributed by atoms with Gasteiger partial charge in [-0.2, -0.15) is 0 Å². The highest BCUT2D eigenvalue weighted by Gasteiger charge is 2.21. The zero-order chi connectivity index (χ0) is 9.26. The summed E-state index contributed by atoms with van der Waals surface area (Å²) in [6.07, 6.45) is 1.85. The molecule has 0 atom stereocenters.